The molecule has 1 amide bonds. The molecule has 4 heteroatoms. The predicted molar refractivity (Wildman–Crippen MR) is 118 cm³/mol. The van der Waals surface area contributed by atoms with Gasteiger partial charge in [0.15, 0.2) is 0 Å². The Bertz CT molecular complexity index is 877. The van der Waals surface area contributed by atoms with Gasteiger partial charge in [-0.3, -0.25) is 4.79 Å². The molecule has 0 spiro atoms. The van der Waals surface area contributed by atoms with E-state index in [1.165, 1.54) is 5.56 Å². The first-order valence-corrected chi connectivity index (χ1v) is 10.1. The van der Waals surface area contributed by atoms with E-state index >= 15 is 0 Å². The number of rotatable bonds is 8. The lowest BCUT2D eigenvalue weighted by Gasteiger charge is -2.16. The Morgan fingerprint density at radius 1 is 1.10 bits per heavy atom. The lowest BCUT2D eigenvalue weighted by atomic mass is 9.91. The maximum Gasteiger partial charge on any atom is 0.261 e. The molecule has 0 fully saturated rings. The van der Waals surface area contributed by atoms with Gasteiger partial charge in [0.1, 0.15) is 17.4 Å². The predicted octanol–water partition coefficient (Wildman–Crippen LogP) is 5.29. The number of nitrogens with one attached hydrogen (secondary N) is 1. The monoisotopic (exact) mass is 390 g/mol. The third-order valence-electron chi connectivity index (χ3n) is 4.88. The van der Waals surface area contributed by atoms with E-state index in [1.54, 1.807) is 6.08 Å². The van der Waals surface area contributed by atoms with E-state index < -0.39 is 0 Å². The van der Waals surface area contributed by atoms with Crippen LogP contribution in [0.4, 0.5) is 0 Å². The number of aromatic hydroxyl groups is 1. The van der Waals surface area contributed by atoms with Crippen LogP contribution in [0.1, 0.15) is 68.2 Å². The average molecular weight is 391 g/mol. The number of phenols is 1. The second-order valence-corrected chi connectivity index (χ2v) is 7.87. The van der Waals surface area contributed by atoms with Gasteiger partial charge in [-0.05, 0) is 65.1 Å². The first-order chi connectivity index (χ1) is 13.8. The highest BCUT2D eigenvalue weighted by Gasteiger charge is 2.16. The van der Waals surface area contributed by atoms with E-state index in [4.69, 9.17) is 0 Å². The van der Waals surface area contributed by atoms with Crippen LogP contribution >= 0.6 is 0 Å². The summed E-state index contributed by atoms with van der Waals surface area (Å²) in [6.45, 7) is 8.56. The number of phenolic OH excluding ortho intramolecular Hbond substituents is 1. The summed E-state index contributed by atoms with van der Waals surface area (Å²) in [5.41, 5.74) is 3.70. The first-order valence-electron chi connectivity index (χ1n) is 10.1. The highest BCUT2D eigenvalue weighted by Crippen LogP contribution is 2.35. The Morgan fingerprint density at radius 2 is 1.69 bits per heavy atom. The molecule has 2 rings (SSSR count). The van der Waals surface area contributed by atoms with Crippen molar-refractivity contribution in [1.29, 1.82) is 5.26 Å². The fraction of sp³-hybridized carbons (Fsp3) is 0.360. The minimum absolute atomic E-state index is 0.0693. The normalized spacial score (nSPS) is 11.6. The van der Waals surface area contributed by atoms with Crippen molar-refractivity contribution >= 4 is 12.0 Å². The maximum atomic E-state index is 12.4. The molecule has 2 aromatic rings. The van der Waals surface area contributed by atoms with E-state index in [2.05, 4.69) is 17.4 Å². The fourth-order valence-electron chi connectivity index (χ4n) is 3.22. The number of benzene rings is 2. The van der Waals surface area contributed by atoms with Crippen molar-refractivity contribution in [2.24, 2.45) is 0 Å². The van der Waals surface area contributed by atoms with Crippen LogP contribution in [0.25, 0.3) is 6.08 Å². The summed E-state index contributed by atoms with van der Waals surface area (Å²) in [5, 5.41) is 22.8. The van der Waals surface area contributed by atoms with Crippen LogP contribution in [0.15, 0.2) is 48.0 Å². The van der Waals surface area contributed by atoms with Crippen LogP contribution in [0.5, 0.6) is 5.75 Å². The van der Waals surface area contributed by atoms with Gasteiger partial charge in [-0.1, -0.05) is 58.0 Å². The quantitative estimate of drug-likeness (QED) is 0.365. The Labute approximate surface area is 173 Å². The maximum absolute atomic E-state index is 12.4. The highest BCUT2D eigenvalue weighted by molar-refractivity contribution is 6.01. The van der Waals surface area contributed by atoms with Crippen molar-refractivity contribution in [2.45, 2.75) is 52.4 Å². The van der Waals surface area contributed by atoms with Crippen molar-refractivity contribution in [3.05, 3.63) is 70.3 Å². The van der Waals surface area contributed by atoms with Crippen LogP contribution in [0.2, 0.25) is 0 Å². The number of hydrogen-bond acceptors (Lipinski definition) is 3. The molecule has 4 nitrogen and oxygen atoms in total. The third kappa shape index (κ3) is 6.22. The highest BCUT2D eigenvalue weighted by atomic mass is 16.3. The molecule has 0 aliphatic carbocycles. The molecule has 0 bridgehead atoms. The molecule has 0 heterocycles. The van der Waals surface area contributed by atoms with Gasteiger partial charge >= 0.3 is 0 Å². The summed E-state index contributed by atoms with van der Waals surface area (Å²) in [6, 6.07) is 15.8. The van der Waals surface area contributed by atoms with Crippen LogP contribution in [-0.4, -0.2) is 17.6 Å². The Balaban J connectivity index is 2.12. The summed E-state index contributed by atoms with van der Waals surface area (Å²) in [4.78, 5) is 12.4. The molecule has 0 saturated carbocycles. The number of carbonyl (C=O) groups is 1. The minimum atomic E-state index is -0.370. The summed E-state index contributed by atoms with van der Waals surface area (Å²) >= 11 is 0. The molecule has 2 aromatic carbocycles. The van der Waals surface area contributed by atoms with Gasteiger partial charge in [0, 0.05) is 6.54 Å². The zero-order chi connectivity index (χ0) is 21.4. The lowest BCUT2D eigenvalue weighted by Crippen LogP contribution is -2.25. The Kier molecular flexibility index (Phi) is 8.03. The summed E-state index contributed by atoms with van der Waals surface area (Å²) in [6.07, 6.45) is 3.28. The van der Waals surface area contributed by atoms with E-state index in [0.717, 1.165) is 29.5 Å². The SMILES string of the molecule is CC(C)c1cc(C=C(C#N)C(=O)NCCCc2ccccc2)cc(C(C)C)c1O. The number of nitrogens with zero attached hydrogens (tertiary/aromatic N) is 1. The topological polar surface area (TPSA) is 73.1 Å². The number of carbonyl (C=O) groups excluding carboxylic acids is 1. The van der Waals surface area contributed by atoms with E-state index in [-0.39, 0.29) is 23.3 Å². The van der Waals surface area contributed by atoms with Gasteiger partial charge in [-0.2, -0.15) is 5.26 Å². The number of hydrogen-bond donors (Lipinski definition) is 2. The van der Waals surface area contributed by atoms with E-state index in [0.29, 0.717) is 12.3 Å². The molecule has 0 saturated heterocycles. The van der Waals surface area contributed by atoms with Gasteiger partial charge in [-0.15, -0.1) is 0 Å². The smallest absolute Gasteiger partial charge is 0.261 e. The summed E-state index contributed by atoms with van der Waals surface area (Å²) in [7, 11) is 0. The molecule has 0 radical (unpaired) electrons. The molecule has 0 aliphatic rings. The van der Waals surface area contributed by atoms with Crippen LogP contribution < -0.4 is 5.32 Å². The minimum Gasteiger partial charge on any atom is -0.507 e. The van der Waals surface area contributed by atoms with Crippen molar-refractivity contribution in [1.82, 2.24) is 5.32 Å². The molecular formula is C25H30N2O2. The molecule has 2 N–H and O–H groups in total. The summed E-state index contributed by atoms with van der Waals surface area (Å²) in [5.74, 6) is 0.207. The second-order valence-electron chi connectivity index (χ2n) is 7.87. The molecule has 0 aromatic heterocycles. The lowest BCUT2D eigenvalue weighted by molar-refractivity contribution is -0.117. The van der Waals surface area contributed by atoms with Gasteiger partial charge in [0.25, 0.3) is 5.91 Å². The first kappa shape index (κ1) is 22.2. The number of nitriles is 1. The molecule has 0 aliphatic heterocycles. The van der Waals surface area contributed by atoms with Crippen molar-refractivity contribution in [3.63, 3.8) is 0 Å². The molecule has 0 atom stereocenters. The van der Waals surface area contributed by atoms with E-state index in [9.17, 15) is 15.2 Å². The van der Waals surface area contributed by atoms with Crippen molar-refractivity contribution < 1.29 is 9.90 Å². The average Bonchev–Trinajstić information content (AvgIpc) is 2.70. The Morgan fingerprint density at radius 3 is 2.21 bits per heavy atom. The molecular weight excluding hydrogens is 360 g/mol. The zero-order valence-corrected chi connectivity index (χ0v) is 17.7. The molecule has 29 heavy (non-hydrogen) atoms. The van der Waals surface area contributed by atoms with Gasteiger partial charge in [0.2, 0.25) is 0 Å². The van der Waals surface area contributed by atoms with Gasteiger partial charge in [0.05, 0.1) is 0 Å². The fourth-order valence-corrected chi connectivity index (χ4v) is 3.22. The van der Waals surface area contributed by atoms with Crippen LogP contribution in [0, 0.1) is 11.3 Å². The largest absolute Gasteiger partial charge is 0.507 e. The standard InChI is InChI=1S/C25H30N2O2/c1-17(2)22-14-20(15-23(18(3)4)24(22)28)13-21(16-26)25(29)27-12-8-11-19-9-6-5-7-10-19/h5-7,9-10,13-15,17-18,28H,8,11-12H2,1-4H3,(H,27,29). The third-order valence-corrected chi connectivity index (χ3v) is 4.88. The van der Waals surface area contributed by atoms with Crippen molar-refractivity contribution in [3.8, 4) is 11.8 Å². The van der Waals surface area contributed by atoms with Gasteiger partial charge < -0.3 is 10.4 Å². The number of aryl methyl sites for hydroxylation is 1. The van der Waals surface area contributed by atoms with Gasteiger partial charge in [-0.25, -0.2) is 0 Å². The molecule has 0 unspecified atom stereocenters. The second kappa shape index (κ2) is 10.5. The van der Waals surface area contributed by atoms with E-state index in [1.807, 2.05) is 64.1 Å². The Hall–Kier alpha value is -3.06. The molecule has 152 valence electrons. The summed E-state index contributed by atoms with van der Waals surface area (Å²) < 4.78 is 0. The van der Waals surface area contributed by atoms with Crippen LogP contribution in [0.3, 0.4) is 0 Å². The van der Waals surface area contributed by atoms with Crippen LogP contribution in [-0.2, 0) is 11.2 Å². The zero-order valence-electron chi connectivity index (χ0n) is 17.7. The number of amides is 1. The van der Waals surface area contributed by atoms with Crippen molar-refractivity contribution in [2.75, 3.05) is 6.54 Å².